The summed E-state index contributed by atoms with van der Waals surface area (Å²) < 4.78 is 17.1. The third-order valence-electron chi connectivity index (χ3n) is 4.75. The van der Waals surface area contributed by atoms with Crippen LogP contribution in [0.3, 0.4) is 0 Å². The molecule has 0 aliphatic rings. The molecule has 32 heavy (non-hydrogen) atoms. The van der Waals surface area contributed by atoms with Crippen molar-refractivity contribution in [3.8, 4) is 23.0 Å². The molecule has 5 heteroatoms. The van der Waals surface area contributed by atoms with E-state index in [0.29, 0.717) is 35.1 Å². The minimum Gasteiger partial charge on any atom is -0.493 e. The molecule has 5 nitrogen and oxygen atoms in total. The molecule has 1 N–H and O–H groups in total. The molecule has 0 unspecified atom stereocenters. The van der Waals surface area contributed by atoms with E-state index in [4.69, 9.17) is 14.2 Å². The zero-order chi connectivity index (χ0) is 22.2. The quantitative estimate of drug-likeness (QED) is 0.359. The highest BCUT2D eigenvalue weighted by Crippen LogP contribution is 2.29. The summed E-state index contributed by atoms with van der Waals surface area (Å²) in [5, 5.41) is 2.89. The predicted molar refractivity (Wildman–Crippen MR) is 125 cm³/mol. The summed E-state index contributed by atoms with van der Waals surface area (Å²) in [6.07, 6.45) is 0. The van der Waals surface area contributed by atoms with Gasteiger partial charge in [-0.15, -0.1) is 0 Å². The molecule has 0 bridgehead atoms. The molecule has 0 aliphatic heterocycles. The van der Waals surface area contributed by atoms with Gasteiger partial charge in [0, 0.05) is 11.3 Å². The maximum atomic E-state index is 12.7. The average molecular weight is 425 g/mol. The van der Waals surface area contributed by atoms with Crippen LogP contribution in [0, 0.1) is 0 Å². The fourth-order valence-electron chi connectivity index (χ4n) is 3.10. The van der Waals surface area contributed by atoms with E-state index in [1.54, 1.807) is 37.4 Å². The lowest BCUT2D eigenvalue weighted by atomic mass is 10.1. The van der Waals surface area contributed by atoms with Gasteiger partial charge in [-0.2, -0.15) is 0 Å². The van der Waals surface area contributed by atoms with Crippen molar-refractivity contribution in [2.75, 3.05) is 12.4 Å². The van der Waals surface area contributed by atoms with Crippen molar-refractivity contribution in [1.82, 2.24) is 0 Å². The zero-order valence-electron chi connectivity index (χ0n) is 17.7. The summed E-state index contributed by atoms with van der Waals surface area (Å²) in [6.45, 7) is 0.417. The number of hydrogen-bond acceptors (Lipinski definition) is 4. The Bertz CT molecular complexity index is 1160. The summed E-state index contributed by atoms with van der Waals surface area (Å²) in [5.41, 5.74) is 2.19. The van der Waals surface area contributed by atoms with E-state index in [1.165, 1.54) is 0 Å². The number of para-hydroxylation sites is 1. The molecule has 4 aromatic carbocycles. The van der Waals surface area contributed by atoms with Gasteiger partial charge in [0.1, 0.15) is 18.1 Å². The molecule has 0 saturated heterocycles. The molecule has 0 saturated carbocycles. The van der Waals surface area contributed by atoms with Crippen molar-refractivity contribution in [1.29, 1.82) is 0 Å². The van der Waals surface area contributed by atoms with Crippen molar-refractivity contribution < 1.29 is 19.0 Å². The van der Waals surface area contributed by atoms with Crippen LogP contribution in [-0.4, -0.2) is 13.0 Å². The minimum absolute atomic E-state index is 0.241. The van der Waals surface area contributed by atoms with Crippen LogP contribution in [0.5, 0.6) is 23.0 Å². The van der Waals surface area contributed by atoms with Gasteiger partial charge in [0.05, 0.1) is 7.11 Å². The number of anilines is 1. The van der Waals surface area contributed by atoms with E-state index >= 15 is 0 Å². The first-order chi connectivity index (χ1) is 15.7. The molecule has 0 radical (unpaired) electrons. The molecule has 0 heterocycles. The minimum atomic E-state index is -0.241. The lowest BCUT2D eigenvalue weighted by molar-refractivity contribution is 0.102. The van der Waals surface area contributed by atoms with Gasteiger partial charge in [0.2, 0.25) is 0 Å². The van der Waals surface area contributed by atoms with E-state index in [0.717, 1.165) is 11.3 Å². The smallest absolute Gasteiger partial charge is 0.255 e. The number of ether oxygens (including phenoxy) is 3. The first-order valence-corrected chi connectivity index (χ1v) is 10.2. The number of carbonyl (C=O) groups excluding carboxylic acids is 1. The van der Waals surface area contributed by atoms with Crippen LogP contribution in [0.15, 0.2) is 103 Å². The molecular weight excluding hydrogens is 402 g/mol. The van der Waals surface area contributed by atoms with Gasteiger partial charge in [0.15, 0.2) is 11.5 Å². The van der Waals surface area contributed by atoms with Crippen molar-refractivity contribution in [3.63, 3.8) is 0 Å². The number of methoxy groups -OCH3 is 1. The second-order valence-corrected chi connectivity index (χ2v) is 7.03. The second-order valence-electron chi connectivity index (χ2n) is 7.03. The Morgan fingerprint density at radius 1 is 0.750 bits per heavy atom. The van der Waals surface area contributed by atoms with Crippen LogP contribution < -0.4 is 19.5 Å². The lowest BCUT2D eigenvalue weighted by Gasteiger charge is -2.13. The largest absolute Gasteiger partial charge is 0.493 e. The molecule has 4 rings (SSSR count). The van der Waals surface area contributed by atoms with Crippen molar-refractivity contribution in [2.24, 2.45) is 0 Å². The Kier molecular flexibility index (Phi) is 6.68. The standard InChI is InChI=1S/C27H23NO4/c1-30-26-18-21(12-17-25(26)31-19-20-8-4-2-5-9-20)27(29)28-22-13-15-24(16-14-22)32-23-10-6-3-7-11-23/h2-18H,19H2,1H3,(H,28,29). The SMILES string of the molecule is COc1cc(C(=O)Nc2ccc(Oc3ccccc3)cc2)ccc1OCc1ccccc1. The number of benzene rings is 4. The topological polar surface area (TPSA) is 56.8 Å². The third-order valence-corrected chi connectivity index (χ3v) is 4.75. The Labute approximate surface area is 187 Å². The van der Waals surface area contributed by atoms with Crippen molar-refractivity contribution in [2.45, 2.75) is 6.61 Å². The van der Waals surface area contributed by atoms with Crippen molar-refractivity contribution in [3.05, 3.63) is 114 Å². The molecule has 0 fully saturated rings. The van der Waals surface area contributed by atoms with Gasteiger partial charge in [0.25, 0.3) is 5.91 Å². The van der Waals surface area contributed by atoms with Crippen LogP contribution in [0.1, 0.15) is 15.9 Å². The highest BCUT2D eigenvalue weighted by molar-refractivity contribution is 6.04. The highest BCUT2D eigenvalue weighted by atomic mass is 16.5. The summed E-state index contributed by atoms with van der Waals surface area (Å²) in [7, 11) is 1.55. The maximum Gasteiger partial charge on any atom is 0.255 e. The van der Waals surface area contributed by atoms with E-state index in [9.17, 15) is 4.79 Å². The summed E-state index contributed by atoms with van der Waals surface area (Å²) in [5.74, 6) is 2.28. The molecule has 0 spiro atoms. The van der Waals surface area contributed by atoms with E-state index in [2.05, 4.69) is 5.32 Å². The highest BCUT2D eigenvalue weighted by Gasteiger charge is 2.12. The van der Waals surface area contributed by atoms with Gasteiger partial charge < -0.3 is 19.5 Å². The first kappa shape index (κ1) is 21.0. The number of hydrogen-bond donors (Lipinski definition) is 1. The van der Waals surface area contributed by atoms with Crippen molar-refractivity contribution >= 4 is 11.6 Å². The average Bonchev–Trinajstić information content (AvgIpc) is 2.85. The Hall–Kier alpha value is -4.25. The van der Waals surface area contributed by atoms with Crippen LogP contribution in [0.4, 0.5) is 5.69 Å². The maximum absolute atomic E-state index is 12.7. The monoisotopic (exact) mass is 425 g/mol. The molecular formula is C27H23NO4. The Morgan fingerprint density at radius 3 is 2.09 bits per heavy atom. The fourth-order valence-corrected chi connectivity index (χ4v) is 3.10. The van der Waals surface area contributed by atoms with Crippen LogP contribution in [0.2, 0.25) is 0 Å². The summed E-state index contributed by atoms with van der Waals surface area (Å²) in [4.78, 5) is 12.7. The van der Waals surface area contributed by atoms with Gasteiger partial charge >= 0.3 is 0 Å². The Morgan fingerprint density at radius 2 is 1.41 bits per heavy atom. The first-order valence-electron chi connectivity index (χ1n) is 10.2. The molecule has 160 valence electrons. The summed E-state index contributed by atoms with van der Waals surface area (Å²) >= 11 is 0. The van der Waals surface area contributed by atoms with Gasteiger partial charge in [-0.05, 0) is 60.2 Å². The van der Waals surface area contributed by atoms with Gasteiger partial charge in [-0.3, -0.25) is 4.79 Å². The molecule has 1 amide bonds. The predicted octanol–water partition coefficient (Wildman–Crippen LogP) is 6.32. The second kappa shape index (κ2) is 10.2. The normalized spacial score (nSPS) is 10.3. The molecule has 0 aromatic heterocycles. The summed E-state index contributed by atoms with van der Waals surface area (Å²) in [6, 6.07) is 31.7. The van der Waals surface area contributed by atoms with E-state index in [1.807, 2.05) is 72.8 Å². The van der Waals surface area contributed by atoms with E-state index < -0.39 is 0 Å². The van der Waals surface area contributed by atoms with Crippen LogP contribution in [-0.2, 0) is 6.61 Å². The number of rotatable bonds is 8. The zero-order valence-corrected chi connectivity index (χ0v) is 17.7. The molecule has 4 aromatic rings. The van der Waals surface area contributed by atoms with Crippen LogP contribution >= 0.6 is 0 Å². The van der Waals surface area contributed by atoms with Crippen LogP contribution in [0.25, 0.3) is 0 Å². The van der Waals surface area contributed by atoms with Gasteiger partial charge in [-0.1, -0.05) is 48.5 Å². The molecule has 0 aliphatic carbocycles. The molecule has 0 atom stereocenters. The van der Waals surface area contributed by atoms with Gasteiger partial charge in [-0.25, -0.2) is 0 Å². The van der Waals surface area contributed by atoms with E-state index in [-0.39, 0.29) is 5.91 Å². The lowest BCUT2D eigenvalue weighted by Crippen LogP contribution is -2.12. The number of nitrogens with one attached hydrogen (secondary N) is 1. The Balaban J connectivity index is 1.39. The fraction of sp³-hybridized carbons (Fsp3) is 0.0741. The number of amides is 1. The third kappa shape index (κ3) is 5.46. The number of carbonyl (C=O) groups is 1.